The Balaban J connectivity index is 1.58. The van der Waals surface area contributed by atoms with Gasteiger partial charge in [-0.25, -0.2) is 0 Å². The van der Waals surface area contributed by atoms with E-state index in [1.54, 1.807) is 0 Å². The number of nitrogens with one attached hydrogen (secondary N) is 1. The number of rotatable bonds is 5. The van der Waals surface area contributed by atoms with E-state index in [4.69, 9.17) is 16.3 Å². The Labute approximate surface area is 137 Å². The Morgan fingerprint density at radius 3 is 2.68 bits per heavy atom. The number of benzene rings is 2. The van der Waals surface area contributed by atoms with Crippen LogP contribution in [0.1, 0.15) is 19.3 Å². The molecule has 1 aliphatic heterocycles. The van der Waals surface area contributed by atoms with Crippen LogP contribution in [0.15, 0.2) is 48.5 Å². The summed E-state index contributed by atoms with van der Waals surface area (Å²) in [7, 11) is 0. The summed E-state index contributed by atoms with van der Waals surface area (Å²) < 4.78 is 5.87. The van der Waals surface area contributed by atoms with E-state index in [0.717, 1.165) is 43.3 Å². The minimum absolute atomic E-state index is 0.683. The molecule has 2 aromatic rings. The fourth-order valence-electron chi connectivity index (χ4n) is 2.93. The lowest BCUT2D eigenvalue weighted by Crippen LogP contribution is -2.30. The molecule has 1 saturated heterocycles. The van der Waals surface area contributed by atoms with Crippen molar-refractivity contribution in [3.05, 3.63) is 53.6 Å². The summed E-state index contributed by atoms with van der Waals surface area (Å²) in [5, 5.41) is 4.12. The summed E-state index contributed by atoms with van der Waals surface area (Å²) in [4.78, 5) is 0. The second-order valence-electron chi connectivity index (χ2n) is 5.86. The predicted octanol–water partition coefficient (Wildman–Crippen LogP) is 4.78. The number of ether oxygens (including phenoxy) is 1. The number of hydrogen-bond donors (Lipinski definition) is 1. The van der Waals surface area contributed by atoms with Crippen molar-refractivity contribution in [2.24, 2.45) is 5.92 Å². The summed E-state index contributed by atoms with van der Waals surface area (Å²) in [5.74, 6) is 1.52. The van der Waals surface area contributed by atoms with Crippen LogP contribution < -0.4 is 10.1 Å². The molecular formula is C19H22ClNO. The standard InChI is InChI=1S/C19H22ClNO/c20-18-13-17(16-6-2-1-3-7-16)8-9-19(18)22-12-10-15-5-4-11-21-14-15/h1-3,6-9,13,15,21H,4-5,10-12,14H2. The molecule has 0 radical (unpaired) electrons. The van der Waals surface area contributed by atoms with E-state index < -0.39 is 0 Å². The van der Waals surface area contributed by atoms with E-state index in [2.05, 4.69) is 23.5 Å². The summed E-state index contributed by atoms with van der Waals surface area (Å²) in [5.41, 5.74) is 2.29. The molecule has 3 rings (SSSR count). The van der Waals surface area contributed by atoms with Gasteiger partial charge in [-0.2, -0.15) is 0 Å². The van der Waals surface area contributed by atoms with Gasteiger partial charge >= 0.3 is 0 Å². The highest BCUT2D eigenvalue weighted by Gasteiger charge is 2.13. The Morgan fingerprint density at radius 2 is 1.95 bits per heavy atom. The average molecular weight is 316 g/mol. The molecule has 1 N–H and O–H groups in total. The number of piperidine rings is 1. The van der Waals surface area contributed by atoms with Gasteiger partial charge in [0.25, 0.3) is 0 Å². The zero-order valence-corrected chi connectivity index (χ0v) is 13.5. The zero-order valence-electron chi connectivity index (χ0n) is 12.7. The van der Waals surface area contributed by atoms with Crippen molar-refractivity contribution in [1.82, 2.24) is 5.32 Å². The Kier molecular flexibility index (Phi) is 5.36. The molecule has 0 saturated carbocycles. The fourth-order valence-corrected chi connectivity index (χ4v) is 3.17. The second-order valence-corrected chi connectivity index (χ2v) is 6.27. The van der Waals surface area contributed by atoms with Gasteiger partial charge in [-0.3, -0.25) is 0 Å². The van der Waals surface area contributed by atoms with Crippen molar-refractivity contribution in [2.45, 2.75) is 19.3 Å². The number of hydrogen-bond acceptors (Lipinski definition) is 2. The molecule has 0 aromatic heterocycles. The SMILES string of the molecule is Clc1cc(-c2ccccc2)ccc1OCCC1CCCNC1. The van der Waals surface area contributed by atoms with E-state index in [9.17, 15) is 0 Å². The lowest BCUT2D eigenvalue weighted by molar-refractivity contribution is 0.254. The molecule has 1 atom stereocenters. The van der Waals surface area contributed by atoms with Crippen molar-refractivity contribution >= 4 is 11.6 Å². The minimum atomic E-state index is 0.683. The summed E-state index contributed by atoms with van der Waals surface area (Å²) >= 11 is 6.36. The quantitative estimate of drug-likeness (QED) is 0.857. The van der Waals surface area contributed by atoms with Gasteiger partial charge in [0.1, 0.15) is 5.75 Å². The predicted molar refractivity (Wildman–Crippen MR) is 92.6 cm³/mol. The first-order valence-electron chi connectivity index (χ1n) is 8.01. The zero-order chi connectivity index (χ0) is 15.2. The van der Waals surface area contributed by atoms with Gasteiger partial charge in [-0.15, -0.1) is 0 Å². The van der Waals surface area contributed by atoms with E-state index >= 15 is 0 Å². The molecule has 0 aliphatic carbocycles. The molecule has 0 spiro atoms. The van der Waals surface area contributed by atoms with Crippen LogP contribution in [0.25, 0.3) is 11.1 Å². The molecule has 1 heterocycles. The minimum Gasteiger partial charge on any atom is -0.492 e. The highest BCUT2D eigenvalue weighted by atomic mass is 35.5. The summed E-state index contributed by atoms with van der Waals surface area (Å²) in [6.45, 7) is 3.00. The van der Waals surface area contributed by atoms with Crippen LogP contribution in [0.5, 0.6) is 5.75 Å². The van der Waals surface area contributed by atoms with Crippen molar-refractivity contribution < 1.29 is 4.74 Å². The van der Waals surface area contributed by atoms with Crippen molar-refractivity contribution in [3.8, 4) is 16.9 Å². The molecule has 1 fully saturated rings. The molecule has 22 heavy (non-hydrogen) atoms. The van der Waals surface area contributed by atoms with Crippen molar-refractivity contribution in [3.63, 3.8) is 0 Å². The monoisotopic (exact) mass is 315 g/mol. The van der Waals surface area contributed by atoms with Gasteiger partial charge in [0, 0.05) is 0 Å². The third kappa shape index (κ3) is 4.02. The van der Waals surface area contributed by atoms with Crippen LogP contribution in [-0.4, -0.2) is 19.7 Å². The van der Waals surface area contributed by atoms with E-state index in [0.29, 0.717) is 5.02 Å². The summed E-state index contributed by atoms with van der Waals surface area (Å²) in [6, 6.07) is 16.3. The smallest absolute Gasteiger partial charge is 0.137 e. The lowest BCUT2D eigenvalue weighted by atomic mass is 9.97. The molecule has 1 unspecified atom stereocenters. The Bertz CT molecular complexity index is 594. The van der Waals surface area contributed by atoms with Gasteiger partial charge in [0.2, 0.25) is 0 Å². The van der Waals surface area contributed by atoms with E-state index in [1.165, 1.54) is 18.4 Å². The first-order valence-corrected chi connectivity index (χ1v) is 8.39. The summed E-state index contributed by atoms with van der Waals surface area (Å²) in [6.07, 6.45) is 3.66. The first-order chi connectivity index (χ1) is 10.8. The average Bonchev–Trinajstić information content (AvgIpc) is 2.58. The molecule has 2 nitrogen and oxygen atoms in total. The molecule has 116 valence electrons. The Morgan fingerprint density at radius 1 is 1.09 bits per heavy atom. The van der Waals surface area contributed by atoms with Crippen molar-refractivity contribution in [1.29, 1.82) is 0 Å². The molecule has 0 amide bonds. The van der Waals surface area contributed by atoms with Crippen molar-refractivity contribution in [2.75, 3.05) is 19.7 Å². The molecule has 0 bridgehead atoms. The van der Waals surface area contributed by atoms with Crippen LogP contribution in [0.4, 0.5) is 0 Å². The maximum absolute atomic E-state index is 6.36. The third-order valence-corrected chi connectivity index (χ3v) is 4.52. The van der Waals surface area contributed by atoms with Gasteiger partial charge in [-0.05, 0) is 61.5 Å². The van der Waals surface area contributed by atoms with Gasteiger partial charge in [0.05, 0.1) is 11.6 Å². The van der Waals surface area contributed by atoms with E-state index in [-0.39, 0.29) is 0 Å². The highest BCUT2D eigenvalue weighted by molar-refractivity contribution is 6.32. The van der Waals surface area contributed by atoms with Gasteiger partial charge < -0.3 is 10.1 Å². The van der Waals surface area contributed by atoms with Crippen LogP contribution >= 0.6 is 11.6 Å². The van der Waals surface area contributed by atoms with Gasteiger partial charge in [-0.1, -0.05) is 48.0 Å². The van der Waals surface area contributed by atoms with Crippen LogP contribution in [0.3, 0.4) is 0 Å². The highest BCUT2D eigenvalue weighted by Crippen LogP contribution is 2.30. The van der Waals surface area contributed by atoms with Crippen LogP contribution in [0.2, 0.25) is 5.02 Å². The third-order valence-electron chi connectivity index (χ3n) is 4.22. The molecule has 3 heteroatoms. The normalized spacial score (nSPS) is 18.1. The molecule has 1 aliphatic rings. The van der Waals surface area contributed by atoms with E-state index in [1.807, 2.05) is 30.3 Å². The van der Waals surface area contributed by atoms with Crippen LogP contribution in [-0.2, 0) is 0 Å². The number of halogens is 1. The maximum Gasteiger partial charge on any atom is 0.137 e. The lowest BCUT2D eigenvalue weighted by Gasteiger charge is -2.22. The second kappa shape index (κ2) is 7.66. The molecular weight excluding hydrogens is 294 g/mol. The largest absolute Gasteiger partial charge is 0.492 e. The maximum atomic E-state index is 6.36. The first kappa shape index (κ1) is 15.4. The topological polar surface area (TPSA) is 21.3 Å². The van der Waals surface area contributed by atoms with Gasteiger partial charge in [0.15, 0.2) is 0 Å². The van der Waals surface area contributed by atoms with Crippen LogP contribution in [0, 0.1) is 5.92 Å². The Hall–Kier alpha value is -1.51. The fraction of sp³-hybridized carbons (Fsp3) is 0.368. The molecule has 2 aromatic carbocycles.